The Hall–Kier alpha value is -2.01. The van der Waals surface area contributed by atoms with E-state index in [2.05, 4.69) is 0 Å². The van der Waals surface area contributed by atoms with Gasteiger partial charge in [-0.15, -0.1) is 0 Å². The molecule has 0 aliphatic heterocycles. The Balaban J connectivity index is 2.13. The average Bonchev–Trinajstić information content (AvgIpc) is 2.47. The van der Waals surface area contributed by atoms with E-state index in [4.69, 9.17) is 4.74 Å². The monoisotopic (exact) mass is 292 g/mol. The predicted molar refractivity (Wildman–Crippen MR) is 75.0 cm³/mol. The zero-order chi connectivity index (χ0) is 14.5. The van der Waals surface area contributed by atoms with Crippen molar-refractivity contribution in [3.63, 3.8) is 0 Å². The molecule has 104 valence electrons. The van der Waals surface area contributed by atoms with Gasteiger partial charge in [0.25, 0.3) is 0 Å². The molecule has 1 atom stereocenters. The van der Waals surface area contributed by atoms with Crippen LogP contribution in [0, 0.1) is 5.82 Å². The number of ether oxygens (including phenoxy) is 1. The third kappa shape index (κ3) is 3.51. The molecule has 0 spiro atoms. The second kappa shape index (κ2) is 6.43. The van der Waals surface area contributed by atoms with Gasteiger partial charge in [-0.1, -0.05) is 18.2 Å². The van der Waals surface area contributed by atoms with E-state index < -0.39 is 16.6 Å². The van der Waals surface area contributed by atoms with Gasteiger partial charge in [0.05, 0.1) is 23.7 Å². The highest BCUT2D eigenvalue weighted by Crippen LogP contribution is 2.16. The summed E-state index contributed by atoms with van der Waals surface area (Å²) >= 11 is 0. The topological polar surface area (TPSA) is 43.4 Å². The maximum absolute atomic E-state index is 13.0. The summed E-state index contributed by atoms with van der Waals surface area (Å²) in [6.07, 6.45) is 0. The standard InChI is InChI=1S/C15H13FO3S/c1-19-13-6-3-7-14(9-13)20(18)10-15(17)11-4-2-5-12(16)8-11/h2-9H,10H2,1H3. The summed E-state index contributed by atoms with van der Waals surface area (Å²) in [6, 6.07) is 12.1. The van der Waals surface area contributed by atoms with Gasteiger partial charge >= 0.3 is 0 Å². The molecule has 20 heavy (non-hydrogen) atoms. The fourth-order valence-corrected chi connectivity index (χ4v) is 2.74. The van der Waals surface area contributed by atoms with Crippen molar-refractivity contribution < 1.29 is 18.1 Å². The minimum atomic E-state index is -1.48. The third-order valence-corrected chi connectivity index (χ3v) is 4.02. The number of ketones is 1. The van der Waals surface area contributed by atoms with E-state index in [1.165, 1.54) is 25.3 Å². The molecule has 3 nitrogen and oxygen atoms in total. The molecule has 5 heteroatoms. The van der Waals surface area contributed by atoms with Crippen molar-refractivity contribution in [2.45, 2.75) is 4.90 Å². The van der Waals surface area contributed by atoms with Gasteiger partial charge in [0.15, 0.2) is 5.78 Å². The van der Waals surface area contributed by atoms with E-state index in [0.29, 0.717) is 10.6 Å². The lowest BCUT2D eigenvalue weighted by molar-refractivity contribution is 0.102. The predicted octanol–water partition coefficient (Wildman–Crippen LogP) is 2.82. The van der Waals surface area contributed by atoms with Gasteiger partial charge in [-0.3, -0.25) is 9.00 Å². The summed E-state index contributed by atoms with van der Waals surface area (Å²) in [4.78, 5) is 12.5. The number of rotatable bonds is 5. The van der Waals surface area contributed by atoms with Crippen LogP contribution in [0.25, 0.3) is 0 Å². The Morgan fingerprint density at radius 3 is 2.65 bits per heavy atom. The molecule has 0 amide bonds. The molecular weight excluding hydrogens is 279 g/mol. The molecule has 0 N–H and O–H groups in total. The molecule has 0 bridgehead atoms. The first kappa shape index (κ1) is 14.4. The highest BCUT2D eigenvalue weighted by Gasteiger charge is 2.13. The molecule has 2 rings (SSSR count). The second-order valence-electron chi connectivity index (χ2n) is 4.10. The molecule has 0 fully saturated rings. The van der Waals surface area contributed by atoms with Crippen LogP contribution in [0.4, 0.5) is 4.39 Å². The Labute approximate surface area is 118 Å². The fraction of sp³-hybridized carbons (Fsp3) is 0.133. The van der Waals surface area contributed by atoms with Crippen LogP contribution in [-0.4, -0.2) is 22.9 Å². The second-order valence-corrected chi connectivity index (χ2v) is 5.55. The number of hydrogen-bond acceptors (Lipinski definition) is 3. The summed E-state index contributed by atoms with van der Waals surface area (Å²) in [5, 5.41) is 0. The van der Waals surface area contributed by atoms with Crippen LogP contribution in [0.2, 0.25) is 0 Å². The van der Waals surface area contributed by atoms with Crippen LogP contribution < -0.4 is 4.74 Å². The third-order valence-electron chi connectivity index (χ3n) is 2.71. The summed E-state index contributed by atoms with van der Waals surface area (Å²) in [5.74, 6) is -0.445. The first-order valence-electron chi connectivity index (χ1n) is 5.91. The van der Waals surface area contributed by atoms with E-state index in [1.807, 2.05) is 0 Å². The van der Waals surface area contributed by atoms with E-state index in [9.17, 15) is 13.4 Å². The molecule has 0 heterocycles. The SMILES string of the molecule is COc1cccc(S(=O)CC(=O)c2cccc(F)c2)c1. The lowest BCUT2D eigenvalue weighted by atomic mass is 10.1. The Kier molecular flexibility index (Phi) is 4.63. The first-order valence-corrected chi connectivity index (χ1v) is 7.23. The van der Waals surface area contributed by atoms with Crippen molar-refractivity contribution in [3.8, 4) is 5.75 Å². The molecule has 0 saturated carbocycles. The summed E-state index contributed by atoms with van der Waals surface area (Å²) < 4.78 is 30.2. The Bertz CT molecular complexity index is 655. The van der Waals surface area contributed by atoms with Crippen molar-refractivity contribution in [3.05, 3.63) is 59.9 Å². The molecule has 0 saturated heterocycles. The number of hydrogen-bond donors (Lipinski definition) is 0. The Morgan fingerprint density at radius 1 is 1.20 bits per heavy atom. The molecular formula is C15H13FO3S. The van der Waals surface area contributed by atoms with Crippen LogP contribution in [0.3, 0.4) is 0 Å². The van der Waals surface area contributed by atoms with Crippen LogP contribution in [0.5, 0.6) is 5.75 Å². The number of benzene rings is 2. The van der Waals surface area contributed by atoms with Gasteiger partial charge in [-0.2, -0.15) is 0 Å². The van der Waals surface area contributed by atoms with Crippen molar-refractivity contribution >= 4 is 16.6 Å². The zero-order valence-electron chi connectivity index (χ0n) is 10.8. The maximum Gasteiger partial charge on any atom is 0.175 e. The van der Waals surface area contributed by atoms with Crippen molar-refractivity contribution in [2.75, 3.05) is 12.9 Å². The molecule has 0 aliphatic carbocycles. The van der Waals surface area contributed by atoms with E-state index in [1.54, 1.807) is 24.3 Å². The highest BCUT2D eigenvalue weighted by atomic mass is 32.2. The molecule has 0 radical (unpaired) electrons. The quantitative estimate of drug-likeness (QED) is 0.796. The minimum Gasteiger partial charge on any atom is -0.497 e. The van der Waals surface area contributed by atoms with Gasteiger partial charge in [0.1, 0.15) is 11.6 Å². The van der Waals surface area contributed by atoms with Crippen LogP contribution >= 0.6 is 0 Å². The summed E-state index contributed by atoms with van der Waals surface area (Å²) in [7, 11) is 0.0293. The van der Waals surface area contributed by atoms with E-state index in [0.717, 1.165) is 6.07 Å². The van der Waals surface area contributed by atoms with Crippen molar-refractivity contribution in [1.82, 2.24) is 0 Å². The summed E-state index contributed by atoms with van der Waals surface area (Å²) in [5.41, 5.74) is 0.223. The van der Waals surface area contributed by atoms with Gasteiger partial charge in [0, 0.05) is 10.5 Å². The number of Topliss-reactive ketones (excluding diaryl/α,β-unsaturated/α-hetero) is 1. The normalized spacial score (nSPS) is 11.9. The first-order chi connectivity index (χ1) is 9.60. The van der Waals surface area contributed by atoms with Crippen LogP contribution in [0.1, 0.15) is 10.4 Å². The molecule has 2 aromatic rings. The summed E-state index contributed by atoms with van der Waals surface area (Å²) in [6.45, 7) is 0. The fourth-order valence-electron chi connectivity index (χ4n) is 1.69. The van der Waals surface area contributed by atoms with E-state index >= 15 is 0 Å². The highest BCUT2D eigenvalue weighted by molar-refractivity contribution is 7.85. The van der Waals surface area contributed by atoms with Gasteiger partial charge < -0.3 is 4.74 Å². The van der Waals surface area contributed by atoms with Gasteiger partial charge in [-0.25, -0.2) is 4.39 Å². The van der Waals surface area contributed by atoms with E-state index in [-0.39, 0.29) is 17.1 Å². The van der Waals surface area contributed by atoms with Crippen molar-refractivity contribution in [2.24, 2.45) is 0 Å². The number of carbonyl (C=O) groups excluding carboxylic acids is 1. The smallest absolute Gasteiger partial charge is 0.175 e. The zero-order valence-corrected chi connectivity index (χ0v) is 11.7. The van der Waals surface area contributed by atoms with Crippen LogP contribution in [0.15, 0.2) is 53.4 Å². The maximum atomic E-state index is 13.0. The number of carbonyl (C=O) groups is 1. The molecule has 2 aromatic carbocycles. The van der Waals surface area contributed by atoms with Gasteiger partial charge in [0.2, 0.25) is 0 Å². The van der Waals surface area contributed by atoms with Crippen molar-refractivity contribution in [1.29, 1.82) is 0 Å². The molecule has 1 unspecified atom stereocenters. The molecule has 0 aromatic heterocycles. The number of methoxy groups -OCH3 is 1. The minimum absolute atomic E-state index is 0.184. The number of halogens is 1. The average molecular weight is 292 g/mol. The Morgan fingerprint density at radius 2 is 1.95 bits per heavy atom. The van der Waals surface area contributed by atoms with Crippen LogP contribution in [-0.2, 0) is 10.8 Å². The van der Waals surface area contributed by atoms with Gasteiger partial charge in [-0.05, 0) is 30.3 Å². The lowest BCUT2D eigenvalue weighted by Gasteiger charge is -2.05. The largest absolute Gasteiger partial charge is 0.497 e. The molecule has 0 aliphatic rings. The lowest BCUT2D eigenvalue weighted by Crippen LogP contribution is -2.11.